The Morgan fingerprint density at radius 3 is 1.95 bits per heavy atom. The number of hydrogen-bond donors (Lipinski definition) is 1. The second-order valence-electron chi connectivity index (χ2n) is 4.01. The summed E-state index contributed by atoms with van der Waals surface area (Å²) in [6.45, 7) is 0. The van der Waals surface area contributed by atoms with E-state index in [0.717, 1.165) is 25.8 Å². The zero-order valence-corrected chi connectivity index (χ0v) is 14.1. The van der Waals surface area contributed by atoms with Crippen LogP contribution >= 0.6 is 31.9 Å². The number of H-pyrrole nitrogens is 1. The molecule has 1 N–H and O–H groups in total. The van der Waals surface area contributed by atoms with Crippen LogP contribution in [0.2, 0.25) is 0 Å². The van der Waals surface area contributed by atoms with Crippen LogP contribution in [0.1, 0.15) is 5.56 Å². The zero-order chi connectivity index (χ0) is 15.1. The molecule has 0 aliphatic heterocycles. The fourth-order valence-corrected chi connectivity index (χ4v) is 2.04. The van der Waals surface area contributed by atoms with E-state index in [1.807, 2.05) is 48.5 Å². The van der Waals surface area contributed by atoms with Crippen LogP contribution in [-0.2, 0) is 0 Å². The lowest BCUT2D eigenvalue weighted by Gasteiger charge is -1.93. The molecule has 3 rings (SSSR count). The Labute approximate surface area is 140 Å². The van der Waals surface area contributed by atoms with Crippen LogP contribution in [0.25, 0.3) is 11.3 Å². The molecule has 0 radical (unpaired) electrons. The highest BCUT2D eigenvalue weighted by Crippen LogP contribution is 2.18. The van der Waals surface area contributed by atoms with E-state index in [1.165, 1.54) is 0 Å². The first-order valence-electron chi connectivity index (χ1n) is 6.03. The Balaban J connectivity index is 0.000000161. The molecule has 3 aromatic rings. The molecule has 0 atom stereocenters. The SMILES string of the molecule is Brc1ccc(-c2cn[nH]n2)cc1.C#Cc1ccc(Br)cc1. The number of nitrogens with one attached hydrogen (secondary N) is 1. The van der Waals surface area contributed by atoms with E-state index >= 15 is 0 Å². The largest absolute Gasteiger partial charge is 0.197 e. The van der Waals surface area contributed by atoms with Crippen molar-refractivity contribution in [3.8, 4) is 23.6 Å². The van der Waals surface area contributed by atoms with Gasteiger partial charge in [-0.25, -0.2) is 0 Å². The molecule has 104 valence electrons. The number of terminal acetylenes is 1. The Bertz CT molecular complexity index is 712. The average Bonchev–Trinajstić information content (AvgIpc) is 3.04. The standard InChI is InChI=1S/C8H6BrN3.C8H5Br/c9-7-3-1-6(2-4-7)8-5-10-12-11-8;1-2-7-3-5-8(9)6-4-7/h1-5H,(H,10,11,12);1,3-6H. The lowest BCUT2D eigenvalue weighted by atomic mass is 10.2. The van der Waals surface area contributed by atoms with Gasteiger partial charge in [0.05, 0.1) is 6.20 Å². The third kappa shape index (κ3) is 4.85. The van der Waals surface area contributed by atoms with Crippen molar-refractivity contribution >= 4 is 31.9 Å². The van der Waals surface area contributed by atoms with Gasteiger partial charge in [0.1, 0.15) is 5.69 Å². The van der Waals surface area contributed by atoms with E-state index in [9.17, 15) is 0 Å². The molecule has 21 heavy (non-hydrogen) atoms. The number of halogens is 2. The normalized spacial score (nSPS) is 9.38. The lowest BCUT2D eigenvalue weighted by molar-refractivity contribution is 0.942. The van der Waals surface area contributed by atoms with E-state index in [-0.39, 0.29) is 0 Å². The van der Waals surface area contributed by atoms with Crippen molar-refractivity contribution in [2.75, 3.05) is 0 Å². The molecule has 0 saturated carbocycles. The third-order valence-corrected chi connectivity index (χ3v) is 3.62. The maximum Gasteiger partial charge on any atom is 0.112 e. The van der Waals surface area contributed by atoms with Crippen molar-refractivity contribution in [1.82, 2.24) is 15.4 Å². The predicted molar refractivity (Wildman–Crippen MR) is 91.6 cm³/mol. The number of aromatic nitrogens is 3. The fraction of sp³-hybridized carbons (Fsp3) is 0. The van der Waals surface area contributed by atoms with E-state index in [0.29, 0.717) is 0 Å². The smallest absolute Gasteiger partial charge is 0.112 e. The molecule has 0 unspecified atom stereocenters. The van der Waals surface area contributed by atoms with Crippen molar-refractivity contribution in [2.45, 2.75) is 0 Å². The first-order valence-corrected chi connectivity index (χ1v) is 7.61. The summed E-state index contributed by atoms with van der Waals surface area (Å²) in [7, 11) is 0. The Morgan fingerprint density at radius 1 is 0.905 bits per heavy atom. The molecule has 0 saturated heterocycles. The predicted octanol–water partition coefficient (Wildman–Crippen LogP) is 4.66. The summed E-state index contributed by atoms with van der Waals surface area (Å²) in [6, 6.07) is 15.6. The van der Waals surface area contributed by atoms with Gasteiger partial charge in [-0.05, 0) is 36.4 Å². The van der Waals surface area contributed by atoms with Gasteiger partial charge in [0, 0.05) is 20.1 Å². The molecule has 5 heteroatoms. The number of benzene rings is 2. The maximum atomic E-state index is 5.13. The van der Waals surface area contributed by atoms with Crippen molar-refractivity contribution in [3.05, 3.63) is 69.2 Å². The van der Waals surface area contributed by atoms with Crippen LogP contribution in [0.3, 0.4) is 0 Å². The highest BCUT2D eigenvalue weighted by molar-refractivity contribution is 9.10. The first-order chi connectivity index (χ1) is 10.2. The van der Waals surface area contributed by atoms with E-state index in [4.69, 9.17) is 6.42 Å². The van der Waals surface area contributed by atoms with Crippen LogP contribution < -0.4 is 0 Å². The second-order valence-corrected chi connectivity index (χ2v) is 5.84. The van der Waals surface area contributed by atoms with E-state index in [1.54, 1.807) is 6.20 Å². The highest BCUT2D eigenvalue weighted by atomic mass is 79.9. The van der Waals surface area contributed by atoms with Crippen LogP contribution in [0.5, 0.6) is 0 Å². The number of hydrogen-bond acceptors (Lipinski definition) is 2. The third-order valence-electron chi connectivity index (χ3n) is 2.57. The van der Waals surface area contributed by atoms with Gasteiger partial charge in [0.2, 0.25) is 0 Å². The monoisotopic (exact) mass is 403 g/mol. The molecule has 0 aliphatic rings. The molecule has 2 aromatic carbocycles. The average molecular weight is 405 g/mol. The van der Waals surface area contributed by atoms with E-state index < -0.39 is 0 Å². The summed E-state index contributed by atoms with van der Waals surface area (Å²) in [5.74, 6) is 2.53. The Morgan fingerprint density at radius 2 is 1.48 bits per heavy atom. The molecule has 0 fully saturated rings. The number of aromatic amines is 1. The van der Waals surface area contributed by atoms with Crippen molar-refractivity contribution < 1.29 is 0 Å². The summed E-state index contributed by atoms with van der Waals surface area (Å²) in [5, 5.41) is 10.3. The molecule has 3 nitrogen and oxygen atoms in total. The second kappa shape index (κ2) is 7.77. The molecular weight excluding hydrogens is 394 g/mol. The maximum absolute atomic E-state index is 5.13. The van der Waals surface area contributed by atoms with Gasteiger partial charge in [0.25, 0.3) is 0 Å². The highest BCUT2D eigenvalue weighted by Gasteiger charge is 1.98. The molecular formula is C16H11Br2N3. The minimum absolute atomic E-state index is 0.863. The zero-order valence-electron chi connectivity index (χ0n) is 10.9. The molecule has 0 amide bonds. The van der Waals surface area contributed by atoms with Crippen LogP contribution in [-0.4, -0.2) is 15.4 Å². The summed E-state index contributed by atoms with van der Waals surface area (Å²) < 4.78 is 2.12. The van der Waals surface area contributed by atoms with Crippen molar-refractivity contribution in [3.63, 3.8) is 0 Å². The quantitative estimate of drug-likeness (QED) is 0.599. The summed E-state index contributed by atoms with van der Waals surface area (Å²) in [4.78, 5) is 0. The molecule has 0 aliphatic carbocycles. The number of nitrogens with zero attached hydrogens (tertiary/aromatic N) is 2. The number of rotatable bonds is 1. The minimum Gasteiger partial charge on any atom is -0.197 e. The van der Waals surface area contributed by atoms with Crippen LogP contribution in [0.4, 0.5) is 0 Å². The van der Waals surface area contributed by atoms with Gasteiger partial charge in [-0.3, -0.25) is 0 Å². The Hall–Kier alpha value is -1.90. The van der Waals surface area contributed by atoms with Crippen LogP contribution in [0, 0.1) is 12.3 Å². The van der Waals surface area contributed by atoms with Gasteiger partial charge in [-0.2, -0.15) is 15.4 Å². The molecule has 0 spiro atoms. The van der Waals surface area contributed by atoms with Crippen molar-refractivity contribution in [2.24, 2.45) is 0 Å². The topological polar surface area (TPSA) is 41.6 Å². The lowest BCUT2D eigenvalue weighted by Crippen LogP contribution is -1.76. The first kappa shape index (κ1) is 15.5. The summed E-state index contributed by atoms with van der Waals surface area (Å²) >= 11 is 6.67. The van der Waals surface area contributed by atoms with Crippen LogP contribution in [0.15, 0.2) is 63.7 Å². The molecule has 1 heterocycles. The van der Waals surface area contributed by atoms with Gasteiger partial charge in [-0.15, -0.1) is 6.42 Å². The van der Waals surface area contributed by atoms with Gasteiger partial charge in [-0.1, -0.05) is 49.9 Å². The minimum atomic E-state index is 0.863. The molecule has 1 aromatic heterocycles. The van der Waals surface area contributed by atoms with E-state index in [2.05, 4.69) is 53.2 Å². The summed E-state index contributed by atoms with van der Waals surface area (Å²) in [6.07, 6.45) is 6.83. The fourth-order valence-electron chi connectivity index (χ4n) is 1.51. The van der Waals surface area contributed by atoms with Gasteiger partial charge in [0.15, 0.2) is 0 Å². The molecule has 0 bridgehead atoms. The van der Waals surface area contributed by atoms with Gasteiger partial charge < -0.3 is 0 Å². The Kier molecular flexibility index (Phi) is 5.73. The summed E-state index contributed by atoms with van der Waals surface area (Å²) in [5.41, 5.74) is 2.84. The van der Waals surface area contributed by atoms with Crippen molar-refractivity contribution in [1.29, 1.82) is 0 Å². The van der Waals surface area contributed by atoms with Gasteiger partial charge >= 0.3 is 0 Å².